The highest BCUT2D eigenvalue weighted by Crippen LogP contribution is 2.61. The van der Waals surface area contributed by atoms with Crippen LogP contribution in [0.1, 0.15) is 78.9 Å². The largest absolute Gasteiger partial charge is 0.496 e. The minimum absolute atomic E-state index is 0.0622. The second-order valence-corrected chi connectivity index (χ2v) is 18.3. The number of carbonyl (C=O) groups is 1. The van der Waals surface area contributed by atoms with Crippen molar-refractivity contribution >= 4 is 11.5 Å². The quantitative estimate of drug-likeness (QED) is 0.158. The fraction of sp³-hybridized carbons (Fsp3) is 0.698. The highest BCUT2D eigenvalue weighted by atomic mass is 16.7. The monoisotopic (exact) mass is 738 g/mol. The molecule has 3 aliphatic carbocycles. The first-order chi connectivity index (χ1) is 24.8. The van der Waals surface area contributed by atoms with Gasteiger partial charge < -0.3 is 35.4 Å². The number of benzene rings is 1. The molecule has 0 spiro atoms. The van der Waals surface area contributed by atoms with Crippen molar-refractivity contribution in [3.8, 4) is 5.75 Å². The molecule has 4 aliphatic rings. The fourth-order valence-electron chi connectivity index (χ4n) is 9.16. The van der Waals surface area contributed by atoms with Crippen LogP contribution in [0.25, 0.3) is 5.57 Å². The number of nitrogens with one attached hydrogen (secondary N) is 2. The van der Waals surface area contributed by atoms with Crippen LogP contribution >= 0.6 is 0 Å². The molecule has 0 radical (unpaired) electrons. The Morgan fingerprint density at radius 3 is 2.45 bits per heavy atom. The van der Waals surface area contributed by atoms with Gasteiger partial charge in [-0.3, -0.25) is 9.63 Å². The number of likely N-dealkylation sites (N-methyl/N-ethyl adjacent to an activating group) is 2. The van der Waals surface area contributed by atoms with Gasteiger partial charge in [-0.2, -0.15) is 5.06 Å². The summed E-state index contributed by atoms with van der Waals surface area (Å²) in [6.45, 7) is 21.3. The summed E-state index contributed by atoms with van der Waals surface area (Å²) in [7, 11) is 9.81. The minimum atomic E-state index is -0.872. The molecule has 2 bridgehead atoms. The molecule has 298 valence electrons. The Labute approximate surface area is 320 Å². The van der Waals surface area contributed by atoms with Gasteiger partial charge in [0.2, 0.25) is 5.91 Å². The molecule has 1 aromatic rings. The van der Waals surface area contributed by atoms with E-state index in [1.54, 1.807) is 19.1 Å². The lowest BCUT2D eigenvalue weighted by Crippen LogP contribution is -2.62. The molecule has 0 aromatic heterocycles. The maximum absolute atomic E-state index is 14.3. The Morgan fingerprint density at radius 1 is 1.21 bits per heavy atom. The first-order valence-corrected chi connectivity index (χ1v) is 19.6. The lowest BCUT2D eigenvalue weighted by atomic mass is 9.45. The van der Waals surface area contributed by atoms with Gasteiger partial charge in [0.25, 0.3) is 0 Å². The van der Waals surface area contributed by atoms with Gasteiger partial charge in [-0.15, -0.1) is 0 Å². The Morgan fingerprint density at radius 2 is 1.91 bits per heavy atom. The smallest absolute Gasteiger partial charge is 0.240 e. The number of aliphatic hydroxyl groups is 2. The number of aliphatic hydroxyl groups excluding tert-OH is 2. The molecule has 1 saturated heterocycles. The van der Waals surface area contributed by atoms with Crippen LogP contribution in [-0.4, -0.2) is 116 Å². The Bertz CT molecular complexity index is 1460. The molecule has 9 atom stereocenters. The lowest BCUT2D eigenvalue weighted by molar-refractivity contribution is -0.183. The lowest BCUT2D eigenvalue weighted by Gasteiger charge is -2.62. The molecule has 4 N–H and O–H groups in total. The summed E-state index contributed by atoms with van der Waals surface area (Å²) in [4.78, 5) is 24.8. The topological polar surface area (TPSA) is 110 Å². The molecule has 4 fully saturated rings. The first-order valence-electron chi connectivity index (χ1n) is 19.6. The summed E-state index contributed by atoms with van der Waals surface area (Å²) >= 11 is 0. The van der Waals surface area contributed by atoms with Crippen LogP contribution in [0.5, 0.6) is 5.75 Å². The van der Waals surface area contributed by atoms with Crippen molar-refractivity contribution in [3.05, 3.63) is 59.8 Å². The van der Waals surface area contributed by atoms with E-state index in [4.69, 9.17) is 9.57 Å². The highest BCUT2D eigenvalue weighted by molar-refractivity contribution is 5.83. The van der Waals surface area contributed by atoms with E-state index in [9.17, 15) is 15.0 Å². The number of nitrogens with zero attached hydrogens (tertiary/aromatic N) is 3. The van der Waals surface area contributed by atoms with Gasteiger partial charge in [0.1, 0.15) is 17.9 Å². The maximum atomic E-state index is 14.3. The molecule has 1 heterocycles. The Kier molecular flexibility index (Phi) is 14.5. The van der Waals surface area contributed by atoms with Gasteiger partial charge in [0, 0.05) is 62.0 Å². The molecule has 5 rings (SSSR count). The average molecular weight is 738 g/mol. The van der Waals surface area contributed by atoms with Gasteiger partial charge in [0.15, 0.2) is 0 Å². The molecule has 1 aliphatic heterocycles. The summed E-state index contributed by atoms with van der Waals surface area (Å²) in [6.07, 6.45) is 7.93. The molecule has 1 aromatic carbocycles. The molecule has 10 heteroatoms. The Balaban J connectivity index is 1.62. The fourth-order valence-corrected chi connectivity index (χ4v) is 9.16. The number of carbonyl (C=O) groups excluding carboxylic acids is 1. The van der Waals surface area contributed by atoms with Gasteiger partial charge >= 0.3 is 0 Å². The standard InChI is InChI=1S/C43H71N5O5/c1-27(47(11)12)20-30(17-15-19-44-33(25-46(9)10)23-42(4,5)6)34-18-14-16-31(40(34)52-13)24-48-39(38(29(3)50)37(26-49)53-48)41(51)45-36-22-32-21-35(28(36)2)43(32,7)8/h14-18,20,28-29,32-33,35-39,44,49-50H,1,19,21-26H2,2-13H3,(H,45,51)/t28-,29-,32+,33-,35-,36-,37-,38-,39-/m0/s1. The second-order valence-electron chi connectivity index (χ2n) is 18.3. The molecule has 1 amide bonds. The summed E-state index contributed by atoms with van der Waals surface area (Å²) in [6, 6.07) is 5.61. The van der Waals surface area contributed by atoms with E-state index in [0.29, 0.717) is 41.5 Å². The van der Waals surface area contributed by atoms with Crippen molar-refractivity contribution in [3.63, 3.8) is 0 Å². The SMILES string of the molecule is C=C(C=C(C=CCN[C@H](CN(C)C)CC(C)(C)C)c1cccc(CN2O[C@@H](CO)[C@H]([C@H](C)O)[C@H]2C(=O)N[C@H]2C[C@H]3C[C@@H]([C@@H]2C)C3(C)C)c1OC)N(C)C. The van der Waals surface area contributed by atoms with Crippen molar-refractivity contribution < 1.29 is 24.6 Å². The number of ether oxygens (including phenoxy) is 1. The summed E-state index contributed by atoms with van der Waals surface area (Å²) in [5, 5.41) is 30.1. The number of fused-ring (bicyclic) bond motifs is 2. The van der Waals surface area contributed by atoms with Crippen LogP contribution in [-0.2, 0) is 16.2 Å². The number of hydroxylamine groups is 2. The summed E-state index contributed by atoms with van der Waals surface area (Å²) < 4.78 is 6.13. The van der Waals surface area contributed by atoms with Gasteiger partial charge in [-0.1, -0.05) is 78.5 Å². The highest BCUT2D eigenvalue weighted by Gasteiger charge is 2.57. The van der Waals surface area contributed by atoms with Crippen LogP contribution in [0, 0.1) is 34.5 Å². The zero-order valence-electron chi connectivity index (χ0n) is 34.8. The third-order valence-corrected chi connectivity index (χ3v) is 12.2. The summed E-state index contributed by atoms with van der Waals surface area (Å²) in [5.41, 5.74) is 3.98. The first kappa shape index (κ1) is 43.0. The van der Waals surface area contributed by atoms with Crippen LogP contribution in [0.3, 0.4) is 0 Å². The van der Waals surface area contributed by atoms with Gasteiger partial charge in [-0.05, 0) is 80.5 Å². The van der Waals surface area contributed by atoms with Crippen LogP contribution in [0.4, 0.5) is 0 Å². The maximum Gasteiger partial charge on any atom is 0.240 e. The van der Waals surface area contributed by atoms with Crippen molar-refractivity contribution in [2.24, 2.45) is 34.5 Å². The predicted molar refractivity (Wildman–Crippen MR) is 215 cm³/mol. The van der Waals surface area contributed by atoms with Crippen molar-refractivity contribution in [2.45, 2.75) is 105 Å². The molecule has 0 unspecified atom stereocenters. The van der Waals surface area contributed by atoms with E-state index in [-0.39, 0.29) is 30.5 Å². The Hall–Kier alpha value is -2.73. The van der Waals surface area contributed by atoms with Gasteiger partial charge in [0.05, 0.1) is 26.4 Å². The number of hydrogen-bond donors (Lipinski definition) is 4. The molecular formula is C43H71N5O5. The number of amides is 1. The van der Waals surface area contributed by atoms with Crippen LogP contribution in [0.15, 0.2) is 48.7 Å². The number of allylic oxidation sites excluding steroid dienone is 3. The predicted octanol–water partition coefficient (Wildman–Crippen LogP) is 5.33. The number of methoxy groups -OCH3 is 1. The van der Waals surface area contributed by atoms with E-state index in [0.717, 1.165) is 41.8 Å². The van der Waals surface area contributed by atoms with E-state index in [1.165, 1.54) is 6.42 Å². The van der Waals surface area contributed by atoms with E-state index in [1.807, 2.05) is 37.2 Å². The van der Waals surface area contributed by atoms with Crippen molar-refractivity contribution in [1.82, 2.24) is 25.5 Å². The molecule has 53 heavy (non-hydrogen) atoms. The number of para-hydroxylation sites is 1. The summed E-state index contributed by atoms with van der Waals surface area (Å²) in [5.74, 6) is 1.40. The van der Waals surface area contributed by atoms with Crippen LogP contribution < -0.4 is 15.4 Å². The van der Waals surface area contributed by atoms with Gasteiger partial charge in [-0.25, -0.2) is 0 Å². The number of rotatable bonds is 17. The van der Waals surface area contributed by atoms with Crippen molar-refractivity contribution in [2.75, 3.05) is 55.0 Å². The molecule has 10 nitrogen and oxygen atoms in total. The average Bonchev–Trinajstić information content (AvgIpc) is 3.44. The third kappa shape index (κ3) is 10.3. The zero-order chi connectivity index (χ0) is 39.4. The van der Waals surface area contributed by atoms with Crippen molar-refractivity contribution in [1.29, 1.82) is 0 Å². The third-order valence-electron chi connectivity index (χ3n) is 12.2. The minimum Gasteiger partial charge on any atom is -0.496 e. The molecule has 3 saturated carbocycles. The van der Waals surface area contributed by atoms with E-state index >= 15 is 0 Å². The molecular weight excluding hydrogens is 667 g/mol. The second kappa shape index (κ2) is 17.8. The zero-order valence-corrected chi connectivity index (χ0v) is 34.8. The van der Waals surface area contributed by atoms with Crippen LogP contribution in [0.2, 0.25) is 0 Å². The number of hydrogen-bond acceptors (Lipinski definition) is 9. The normalized spacial score (nSPS) is 28.5. The van der Waals surface area contributed by atoms with E-state index in [2.05, 4.69) is 96.0 Å². The van der Waals surface area contributed by atoms with E-state index < -0.39 is 24.2 Å².